The number of aliphatic hydroxyl groups excluding tert-OH is 1. The van der Waals surface area contributed by atoms with Gasteiger partial charge in [0.15, 0.2) is 0 Å². The molecule has 0 saturated carbocycles. The fraction of sp³-hybridized carbons (Fsp3) is 0.444. The van der Waals surface area contributed by atoms with E-state index in [1.165, 1.54) is 18.5 Å². The van der Waals surface area contributed by atoms with Crippen LogP contribution in [0.25, 0.3) is 0 Å². The summed E-state index contributed by atoms with van der Waals surface area (Å²) in [6, 6.07) is 1.41. The Bertz CT molecular complexity index is 450. The maximum atomic E-state index is 11.8. The molecule has 1 unspecified atom stereocenters. The first-order valence-electron chi connectivity index (χ1n) is 4.67. The first kappa shape index (κ1) is 13.4. The summed E-state index contributed by atoms with van der Waals surface area (Å²) in [5.41, 5.74) is 0. The molecule has 0 aliphatic rings. The fourth-order valence-electron chi connectivity index (χ4n) is 0.955. The van der Waals surface area contributed by atoms with Crippen molar-refractivity contribution in [2.24, 2.45) is 5.92 Å². The van der Waals surface area contributed by atoms with Gasteiger partial charge in [-0.3, -0.25) is 4.98 Å². The summed E-state index contributed by atoms with van der Waals surface area (Å²) in [6.45, 7) is 1.81. The zero-order chi connectivity index (χ0) is 12.2. The van der Waals surface area contributed by atoms with Crippen molar-refractivity contribution in [2.45, 2.75) is 11.8 Å². The van der Waals surface area contributed by atoms with Crippen molar-refractivity contribution in [1.82, 2.24) is 9.71 Å². The van der Waals surface area contributed by atoms with E-state index in [0.717, 1.165) is 0 Å². The van der Waals surface area contributed by atoms with Crippen molar-refractivity contribution in [3.05, 3.63) is 23.5 Å². The molecule has 0 saturated heterocycles. The van der Waals surface area contributed by atoms with Gasteiger partial charge in [0.25, 0.3) is 0 Å². The van der Waals surface area contributed by atoms with E-state index in [1.54, 1.807) is 6.92 Å². The standard InChI is InChI=1S/C9H13ClN2O3S/c1-7(6-13)4-12-16(14,15)9-5-11-3-2-8(9)10/h2-3,5,7,12-13H,4,6H2,1H3. The van der Waals surface area contributed by atoms with E-state index in [1.807, 2.05) is 0 Å². The van der Waals surface area contributed by atoms with Crippen LogP contribution in [0.4, 0.5) is 0 Å². The summed E-state index contributed by atoms with van der Waals surface area (Å²) in [5.74, 6) is -0.148. The van der Waals surface area contributed by atoms with Crippen LogP contribution >= 0.6 is 11.6 Å². The second-order valence-corrected chi connectivity index (χ2v) is 5.59. The molecule has 0 aliphatic heterocycles. The average molecular weight is 265 g/mol. The Hall–Kier alpha value is -0.690. The Labute approximate surface area is 99.5 Å². The Morgan fingerprint density at radius 3 is 2.88 bits per heavy atom. The van der Waals surface area contributed by atoms with Crippen LogP contribution in [0.1, 0.15) is 6.92 Å². The minimum absolute atomic E-state index is 0.0539. The van der Waals surface area contributed by atoms with Gasteiger partial charge in [-0.25, -0.2) is 13.1 Å². The van der Waals surface area contributed by atoms with Crippen LogP contribution in [-0.4, -0.2) is 31.7 Å². The van der Waals surface area contributed by atoms with Crippen molar-refractivity contribution in [3.8, 4) is 0 Å². The van der Waals surface area contributed by atoms with Gasteiger partial charge in [-0.05, 0) is 12.0 Å². The molecular formula is C9H13ClN2O3S. The quantitative estimate of drug-likeness (QED) is 0.818. The zero-order valence-corrected chi connectivity index (χ0v) is 10.3. The molecule has 16 heavy (non-hydrogen) atoms. The highest BCUT2D eigenvalue weighted by Crippen LogP contribution is 2.18. The molecule has 0 amide bonds. The summed E-state index contributed by atoms with van der Waals surface area (Å²) in [5, 5.41) is 8.91. The monoisotopic (exact) mass is 264 g/mol. The number of nitrogens with zero attached hydrogens (tertiary/aromatic N) is 1. The van der Waals surface area contributed by atoms with E-state index in [9.17, 15) is 8.42 Å². The Morgan fingerprint density at radius 2 is 2.31 bits per heavy atom. The van der Waals surface area contributed by atoms with E-state index in [4.69, 9.17) is 16.7 Å². The third-order valence-electron chi connectivity index (χ3n) is 1.96. The van der Waals surface area contributed by atoms with Gasteiger partial charge in [-0.1, -0.05) is 18.5 Å². The molecule has 0 radical (unpaired) electrons. The number of rotatable bonds is 5. The molecule has 1 atom stereocenters. The topological polar surface area (TPSA) is 79.3 Å². The van der Waals surface area contributed by atoms with Crippen molar-refractivity contribution in [2.75, 3.05) is 13.2 Å². The number of nitrogens with one attached hydrogen (secondary N) is 1. The first-order chi connectivity index (χ1) is 7.47. The normalized spacial score (nSPS) is 13.7. The van der Waals surface area contributed by atoms with E-state index in [0.29, 0.717) is 0 Å². The van der Waals surface area contributed by atoms with Gasteiger partial charge >= 0.3 is 0 Å². The molecule has 0 bridgehead atoms. The summed E-state index contributed by atoms with van der Waals surface area (Å²) < 4.78 is 25.9. The number of hydrogen-bond donors (Lipinski definition) is 2. The number of aromatic nitrogens is 1. The lowest BCUT2D eigenvalue weighted by Crippen LogP contribution is -2.29. The van der Waals surface area contributed by atoms with Crippen LogP contribution in [0.3, 0.4) is 0 Å². The molecule has 1 aromatic rings. The fourth-order valence-corrected chi connectivity index (χ4v) is 2.55. The predicted octanol–water partition coefficient (Wildman–Crippen LogP) is 0.642. The van der Waals surface area contributed by atoms with Crippen LogP contribution in [-0.2, 0) is 10.0 Å². The molecule has 1 heterocycles. The van der Waals surface area contributed by atoms with E-state index in [2.05, 4.69) is 9.71 Å². The number of sulfonamides is 1. The maximum Gasteiger partial charge on any atom is 0.243 e. The van der Waals surface area contributed by atoms with Crippen LogP contribution in [0.15, 0.2) is 23.4 Å². The molecule has 7 heteroatoms. The summed E-state index contributed by atoms with van der Waals surface area (Å²) in [4.78, 5) is 3.65. The molecule has 1 rings (SSSR count). The Morgan fingerprint density at radius 1 is 1.62 bits per heavy atom. The van der Waals surface area contributed by atoms with Crippen LogP contribution < -0.4 is 4.72 Å². The van der Waals surface area contributed by atoms with Crippen LogP contribution in [0.5, 0.6) is 0 Å². The third-order valence-corrected chi connectivity index (χ3v) is 3.85. The SMILES string of the molecule is CC(CO)CNS(=O)(=O)c1cnccc1Cl. The molecule has 2 N–H and O–H groups in total. The van der Waals surface area contributed by atoms with Crippen molar-refractivity contribution in [3.63, 3.8) is 0 Å². The van der Waals surface area contributed by atoms with Crippen LogP contribution in [0, 0.1) is 5.92 Å². The van der Waals surface area contributed by atoms with Crippen molar-refractivity contribution < 1.29 is 13.5 Å². The molecular weight excluding hydrogens is 252 g/mol. The second kappa shape index (κ2) is 5.58. The molecule has 0 aromatic carbocycles. The minimum Gasteiger partial charge on any atom is -0.396 e. The van der Waals surface area contributed by atoms with Gasteiger partial charge in [0.1, 0.15) is 4.90 Å². The molecule has 0 aliphatic carbocycles. The average Bonchev–Trinajstić information content (AvgIpc) is 2.26. The van der Waals surface area contributed by atoms with E-state index in [-0.39, 0.29) is 29.0 Å². The van der Waals surface area contributed by atoms with Gasteiger partial charge in [0.2, 0.25) is 10.0 Å². The smallest absolute Gasteiger partial charge is 0.243 e. The third kappa shape index (κ3) is 3.41. The lowest BCUT2D eigenvalue weighted by molar-refractivity contribution is 0.238. The molecule has 0 spiro atoms. The van der Waals surface area contributed by atoms with Gasteiger partial charge < -0.3 is 5.11 Å². The second-order valence-electron chi connectivity index (χ2n) is 3.45. The van der Waals surface area contributed by atoms with Gasteiger partial charge in [-0.2, -0.15) is 0 Å². The summed E-state index contributed by atoms with van der Waals surface area (Å²) in [6.07, 6.45) is 2.60. The van der Waals surface area contributed by atoms with E-state index >= 15 is 0 Å². The highest BCUT2D eigenvalue weighted by Gasteiger charge is 2.18. The van der Waals surface area contributed by atoms with Gasteiger partial charge in [0, 0.05) is 25.5 Å². The molecule has 0 fully saturated rings. The van der Waals surface area contributed by atoms with E-state index < -0.39 is 10.0 Å². The van der Waals surface area contributed by atoms with Crippen LogP contribution in [0.2, 0.25) is 5.02 Å². The number of halogens is 1. The molecule has 1 aromatic heterocycles. The highest BCUT2D eigenvalue weighted by molar-refractivity contribution is 7.89. The molecule has 90 valence electrons. The number of pyridine rings is 1. The van der Waals surface area contributed by atoms with Crippen molar-refractivity contribution >= 4 is 21.6 Å². The molecule has 5 nitrogen and oxygen atoms in total. The Kier molecular flexibility index (Phi) is 4.67. The highest BCUT2D eigenvalue weighted by atomic mass is 35.5. The first-order valence-corrected chi connectivity index (χ1v) is 6.53. The van der Waals surface area contributed by atoms with Gasteiger partial charge in [0.05, 0.1) is 5.02 Å². The number of hydrogen-bond acceptors (Lipinski definition) is 4. The van der Waals surface area contributed by atoms with Gasteiger partial charge in [-0.15, -0.1) is 0 Å². The summed E-state index contributed by atoms with van der Waals surface area (Å²) in [7, 11) is -3.65. The van der Waals surface area contributed by atoms with Crippen molar-refractivity contribution in [1.29, 1.82) is 0 Å². The predicted molar refractivity (Wildman–Crippen MR) is 60.7 cm³/mol. The zero-order valence-electron chi connectivity index (χ0n) is 8.72. The maximum absolute atomic E-state index is 11.8. The minimum atomic E-state index is -3.65. The largest absolute Gasteiger partial charge is 0.396 e. The lowest BCUT2D eigenvalue weighted by Gasteiger charge is -2.10. The number of aliphatic hydroxyl groups is 1. The Balaban J connectivity index is 2.83. The summed E-state index contributed by atoms with van der Waals surface area (Å²) >= 11 is 5.75. The lowest BCUT2D eigenvalue weighted by atomic mass is 10.2.